The molecule has 24 heavy (non-hydrogen) atoms. The molecule has 3 rings (SSSR count). The number of para-hydroxylation sites is 1. The molecule has 1 fully saturated rings. The van der Waals surface area contributed by atoms with Crippen molar-refractivity contribution in [1.29, 1.82) is 0 Å². The van der Waals surface area contributed by atoms with E-state index in [9.17, 15) is 4.79 Å². The second kappa shape index (κ2) is 7.11. The number of carbonyl (C=O) groups excluding carboxylic acids is 1. The van der Waals surface area contributed by atoms with Crippen LogP contribution in [0.2, 0.25) is 5.02 Å². The van der Waals surface area contributed by atoms with Crippen molar-refractivity contribution in [2.75, 3.05) is 19.0 Å². The predicted molar refractivity (Wildman–Crippen MR) is 103 cm³/mol. The first kappa shape index (κ1) is 16.6. The molecule has 1 amide bonds. The third-order valence-corrected chi connectivity index (χ3v) is 4.66. The van der Waals surface area contributed by atoms with Crippen molar-refractivity contribution >= 4 is 51.9 Å². The second-order valence-corrected chi connectivity index (χ2v) is 6.86. The molecule has 0 unspecified atom stereocenters. The zero-order valence-corrected chi connectivity index (χ0v) is 14.9. The molecular weight excluding hydrogens is 342 g/mol. The van der Waals surface area contributed by atoms with Crippen molar-refractivity contribution in [2.45, 2.75) is 0 Å². The van der Waals surface area contributed by atoms with Crippen LogP contribution in [0.4, 0.5) is 11.4 Å². The average Bonchev–Trinajstić information content (AvgIpc) is 2.90. The maximum absolute atomic E-state index is 12.1. The van der Waals surface area contributed by atoms with Gasteiger partial charge in [0.15, 0.2) is 5.17 Å². The van der Waals surface area contributed by atoms with Gasteiger partial charge in [0, 0.05) is 19.8 Å². The molecular formula is C18H16ClN3OS. The molecule has 0 saturated carbocycles. The highest BCUT2D eigenvalue weighted by Crippen LogP contribution is 2.30. The Morgan fingerprint density at radius 3 is 2.50 bits per heavy atom. The van der Waals surface area contributed by atoms with Gasteiger partial charge in [0.1, 0.15) is 0 Å². The lowest BCUT2D eigenvalue weighted by Crippen LogP contribution is -2.19. The smallest absolute Gasteiger partial charge is 0.264 e. The minimum Gasteiger partial charge on any atom is -0.378 e. The normalized spacial score (nSPS) is 17.4. The molecule has 0 atom stereocenters. The summed E-state index contributed by atoms with van der Waals surface area (Å²) in [5.74, 6) is -0.150. The first-order chi connectivity index (χ1) is 11.5. The number of thioether (sulfide) groups is 1. The van der Waals surface area contributed by atoms with Gasteiger partial charge in [-0.15, -0.1) is 0 Å². The first-order valence-electron chi connectivity index (χ1n) is 7.34. The average molecular weight is 358 g/mol. The second-order valence-electron chi connectivity index (χ2n) is 5.42. The fraction of sp³-hybridized carbons (Fsp3) is 0.111. The van der Waals surface area contributed by atoms with Crippen LogP contribution in [-0.2, 0) is 4.79 Å². The van der Waals surface area contributed by atoms with Crippen molar-refractivity contribution in [1.82, 2.24) is 5.32 Å². The van der Waals surface area contributed by atoms with Crippen LogP contribution in [0, 0.1) is 0 Å². The number of nitrogens with zero attached hydrogens (tertiary/aromatic N) is 2. The number of amides is 1. The molecule has 1 aliphatic heterocycles. The van der Waals surface area contributed by atoms with E-state index < -0.39 is 0 Å². The van der Waals surface area contributed by atoms with E-state index in [2.05, 4.69) is 10.3 Å². The van der Waals surface area contributed by atoms with E-state index >= 15 is 0 Å². The molecule has 0 bridgehead atoms. The third kappa shape index (κ3) is 3.80. The Morgan fingerprint density at radius 2 is 1.83 bits per heavy atom. The molecule has 0 aliphatic carbocycles. The molecule has 1 saturated heterocycles. The summed E-state index contributed by atoms with van der Waals surface area (Å²) in [6, 6.07) is 15.3. The number of aliphatic imine (C=N–C) groups is 1. The standard InChI is InChI=1S/C18H16ClN3OS/c1-22(2)13-9-7-12(8-10-13)11-16-17(23)21-18(24-16)20-15-6-4-3-5-14(15)19/h3-11H,1-2H3,(H,20,21,23)/b16-11-. The SMILES string of the molecule is CN(C)c1ccc(/C=C2\SC(=Nc3ccccc3Cl)NC2=O)cc1. The van der Waals surface area contributed by atoms with Crippen LogP contribution in [-0.4, -0.2) is 25.2 Å². The summed E-state index contributed by atoms with van der Waals surface area (Å²) in [6.45, 7) is 0. The number of nitrogens with one attached hydrogen (secondary N) is 1. The Kier molecular flexibility index (Phi) is 4.92. The van der Waals surface area contributed by atoms with Crippen molar-refractivity contribution in [3.63, 3.8) is 0 Å². The molecule has 0 radical (unpaired) electrons. The van der Waals surface area contributed by atoms with Gasteiger partial charge in [0.25, 0.3) is 5.91 Å². The highest BCUT2D eigenvalue weighted by molar-refractivity contribution is 8.18. The van der Waals surface area contributed by atoms with Crippen LogP contribution < -0.4 is 10.2 Å². The molecule has 1 heterocycles. The summed E-state index contributed by atoms with van der Waals surface area (Å²) in [5.41, 5.74) is 2.72. The number of hydrogen-bond acceptors (Lipinski definition) is 4. The van der Waals surface area contributed by atoms with E-state index in [0.29, 0.717) is 20.8 Å². The lowest BCUT2D eigenvalue weighted by molar-refractivity contribution is -0.115. The van der Waals surface area contributed by atoms with Crippen LogP contribution in [0.25, 0.3) is 6.08 Å². The Hall–Kier alpha value is -2.24. The fourth-order valence-corrected chi connectivity index (χ4v) is 3.17. The lowest BCUT2D eigenvalue weighted by Gasteiger charge is -2.11. The number of carbonyl (C=O) groups is 1. The molecule has 0 aromatic heterocycles. The van der Waals surface area contributed by atoms with E-state index in [4.69, 9.17) is 11.6 Å². The molecule has 1 aliphatic rings. The highest BCUT2D eigenvalue weighted by Gasteiger charge is 2.23. The van der Waals surface area contributed by atoms with Gasteiger partial charge >= 0.3 is 0 Å². The number of benzene rings is 2. The van der Waals surface area contributed by atoms with Crippen molar-refractivity contribution in [3.8, 4) is 0 Å². The van der Waals surface area contributed by atoms with Crippen LogP contribution >= 0.6 is 23.4 Å². The summed E-state index contributed by atoms with van der Waals surface area (Å²) in [6.07, 6.45) is 1.86. The molecule has 122 valence electrons. The predicted octanol–water partition coefficient (Wildman–Crippen LogP) is 4.30. The molecule has 4 nitrogen and oxygen atoms in total. The number of hydrogen-bond donors (Lipinski definition) is 1. The summed E-state index contributed by atoms with van der Waals surface area (Å²) < 4.78 is 0. The number of amidine groups is 1. The van der Waals surface area contributed by atoms with Crippen LogP contribution in [0.3, 0.4) is 0 Å². The van der Waals surface area contributed by atoms with E-state index in [1.165, 1.54) is 11.8 Å². The Bertz CT molecular complexity index is 828. The maximum atomic E-state index is 12.1. The van der Waals surface area contributed by atoms with Crippen LogP contribution in [0.1, 0.15) is 5.56 Å². The Labute approximate surface area is 150 Å². The molecule has 0 spiro atoms. The Balaban J connectivity index is 1.81. The van der Waals surface area contributed by atoms with Crippen LogP contribution in [0.5, 0.6) is 0 Å². The van der Waals surface area contributed by atoms with E-state index in [1.54, 1.807) is 6.07 Å². The fourth-order valence-electron chi connectivity index (χ4n) is 2.15. The van der Waals surface area contributed by atoms with Crippen molar-refractivity contribution < 1.29 is 4.79 Å². The van der Waals surface area contributed by atoms with E-state index in [1.807, 2.05) is 67.5 Å². The minimum atomic E-state index is -0.150. The van der Waals surface area contributed by atoms with Gasteiger partial charge in [0.2, 0.25) is 0 Å². The Morgan fingerprint density at radius 1 is 1.12 bits per heavy atom. The quantitative estimate of drug-likeness (QED) is 0.833. The van der Waals surface area contributed by atoms with Crippen molar-refractivity contribution in [3.05, 3.63) is 64.0 Å². The summed E-state index contributed by atoms with van der Waals surface area (Å²) in [5, 5.41) is 3.85. The van der Waals surface area contributed by atoms with Gasteiger partial charge in [-0.25, -0.2) is 4.99 Å². The zero-order chi connectivity index (χ0) is 17.1. The maximum Gasteiger partial charge on any atom is 0.264 e. The van der Waals surface area contributed by atoms with Gasteiger partial charge in [-0.1, -0.05) is 35.9 Å². The van der Waals surface area contributed by atoms with Gasteiger partial charge < -0.3 is 10.2 Å². The third-order valence-electron chi connectivity index (χ3n) is 3.43. The first-order valence-corrected chi connectivity index (χ1v) is 8.54. The molecule has 2 aromatic carbocycles. The summed E-state index contributed by atoms with van der Waals surface area (Å²) >= 11 is 7.41. The van der Waals surface area contributed by atoms with Gasteiger partial charge in [-0.2, -0.15) is 0 Å². The lowest BCUT2D eigenvalue weighted by atomic mass is 10.2. The van der Waals surface area contributed by atoms with Crippen molar-refractivity contribution in [2.24, 2.45) is 4.99 Å². The van der Waals surface area contributed by atoms with E-state index in [0.717, 1.165) is 11.3 Å². The number of rotatable bonds is 3. The summed E-state index contributed by atoms with van der Waals surface area (Å²) in [7, 11) is 3.98. The number of anilines is 1. The molecule has 6 heteroatoms. The topological polar surface area (TPSA) is 44.7 Å². The molecule has 2 aromatic rings. The summed E-state index contributed by atoms with van der Waals surface area (Å²) in [4.78, 5) is 19.2. The van der Waals surface area contributed by atoms with Crippen LogP contribution in [0.15, 0.2) is 58.4 Å². The number of halogens is 1. The monoisotopic (exact) mass is 357 g/mol. The zero-order valence-electron chi connectivity index (χ0n) is 13.3. The highest BCUT2D eigenvalue weighted by atomic mass is 35.5. The largest absolute Gasteiger partial charge is 0.378 e. The van der Waals surface area contributed by atoms with Gasteiger partial charge in [-0.3, -0.25) is 4.79 Å². The van der Waals surface area contributed by atoms with Gasteiger partial charge in [0.05, 0.1) is 15.6 Å². The minimum absolute atomic E-state index is 0.150. The van der Waals surface area contributed by atoms with Gasteiger partial charge in [-0.05, 0) is 47.7 Å². The molecule has 1 N–H and O–H groups in total. The van der Waals surface area contributed by atoms with E-state index in [-0.39, 0.29) is 5.91 Å².